The number of hydrogen-bond donors (Lipinski definition) is 0. The summed E-state index contributed by atoms with van der Waals surface area (Å²) in [4.78, 5) is 22.3. The normalized spacial score (nSPS) is 35.9. The van der Waals surface area contributed by atoms with Crippen molar-refractivity contribution in [3.63, 3.8) is 0 Å². The van der Waals surface area contributed by atoms with Gasteiger partial charge in [-0.3, -0.25) is 9.59 Å². The van der Waals surface area contributed by atoms with E-state index in [0.717, 1.165) is 6.42 Å². The van der Waals surface area contributed by atoms with Gasteiger partial charge in [-0.25, -0.2) is 0 Å². The number of esters is 2. The van der Waals surface area contributed by atoms with Crippen LogP contribution in [0.4, 0.5) is 0 Å². The summed E-state index contributed by atoms with van der Waals surface area (Å²) in [5.41, 5.74) is 0. The van der Waals surface area contributed by atoms with Crippen LogP contribution in [0.25, 0.3) is 0 Å². The minimum atomic E-state index is -0.621. The van der Waals surface area contributed by atoms with E-state index in [1.54, 1.807) is 0 Å². The molecule has 1 heterocycles. The highest BCUT2D eigenvalue weighted by Crippen LogP contribution is 2.34. The van der Waals surface area contributed by atoms with Crippen molar-refractivity contribution < 1.29 is 23.8 Å². The summed E-state index contributed by atoms with van der Waals surface area (Å²) in [6, 6.07) is 0. The number of carbonyl (C=O) groups is 2. The van der Waals surface area contributed by atoms with Crippen LogP contribution >= 0.6 is 15.9 Å². The van der Waals surface area contributed by atoms with Gasteiger partial charge >= 0.3 is 11.9 Å². The van der Waals surface area contributed by atoms with Crippen LogP contribution in [0, 0.1) is 5.92 Å². The molecule has 5 nitrogen and oxygen atoms in total. The van der Waals surface area contributed by atoms with Gasteiger partial charge in [0.05, 0.1) is 6.10 Å². The Balaban J connectivity index is 2.89. The van der Waals surface area contributed by atoms with Gasteiger partial charge in [0.1, 0.15) is 6.10 Å². The summed E-state index contributed by atoms with van der Waals surface area (Å²) >= 11 is 3.33. The fourth-order valence-electron chi connectivity index (χ4n) is 2.17. The molecule has 0 aromatic rings. The van der Waals surface area contributed by atoms with Gasteiger partial charge in [-0.05, 0) is 6.42 Å². The van der Waals surface area contributed by atoms with Crippen LogP contribution < -0.4 is 0 Å². The molecule has 0 N–H and O–H groups in total. The van der Waals surface area contributed by atoms with Crippen LogP contribution in [-0.2, 0) is 23.8 Å². The summed E-state index contributed by atoms with van der Waals surface area (Å²) in [5, 5.41) is -0.466. The van der Waals surface area contributed by atoms with Crippen LogP contribution in [0.5, 0.6) is 0 Å². The van der Waals surface area contributed by atoms with E-state index in [1.807, 2.05) is 13.8 Å². The highest BCUT2D eigenvalue weighted by atomic mass is 79.9. The summed E-state index contributed by atoms with van der Waals surface area (Å²) in [6.07, 6.45) is -0.349. The highest BCUT2D eigenvalue weighted by Gasteiger charge is 2.46. The van der Waals surface area contributed by atoms with E-state index in [1.165, 1.54) is 13.8 Å². The lowest BCUT2D eigenvalue weighted by Gasteiger charge is -2.42. The highest BCUT2D eigenvalue weighted by molar-refractivity contribution is 9.09. The van der Waals surface area contributed by atoms with E-state index in [4.69, 9.17) is 14.2 Å². The third-order valence-corrected chi connectivity index (χ3v) is 3.73. The first-order chi connectivity index (χ1) is 8.36. The largest absolute Gasteiger partial charge is 0.458 e. The molecule has 5 atom stereocenters. The topological polar surface area (TPSA) is 61.8 Å². The number of hydrogen-bond acceptors (Lipinski definition) is 5. The van der Waals surface area contributed by atoms with Crippen molar-refractivity contribution in [2.45, 2.75) is 57.4 Å². The quantitative estimate of drug-likeness (QED) is 0.587. The van der Waals surface area contributed by atoms with Crippen molar-refractivity contribution in [1.29, 1.82) is 0 Å². The summed E-state index contributed by atoms with van der Waals surface area (Å²) in [7, 11) is 0. The summed E-state index contributed by atoms with van der Waals surface area (Å²) in [6.45, 7) is 6.59. The zero-order valence-electron chi connectivity index (χ0n) is 11.0. The standard InChI is InChI=1S/C12H19BrO5/c1-5-9-6(2)10(16-7(3)14)11(12(13)18-9)17-8(4)15/h6,9-12H,5H2,1-4H3/t6-,9+,10-,11+,12-/m0/s1. The van der Waals surface area contributed by atoms with Gasteiger partial charge < -0.3 is 14.2 Å². The van der Waals surface area contributed by atoms with E-state index in [-0.39, 0.29) is 18.0 Å². The molecule has 0 saturated carbocycles. The molecule has 0 aliphatic carbocycles. The van der Waals surface area contributed by atoms with Crippen molar-refractivity contribution in [1.82, 2.24) is 0 Å². The molecule has 1 aliphatic heterocycles. The number of alkyl halides is 1. The van der Waals surface area contributed by atoms with Gasteiger partial charge in [0, 0.05) is 19.8 Å². The van der Waals surface area contributed by atoms with Crippen molar-refractivity contribution in [2.24, 2.45) is 5.92 Å². The Morgan fingerprint density at radius 1 is 1.17 bits per heavy atom. The first kappa shape index (κ1) is 15.4. The maximum Gasteiger partial charge on any atom is 0.303 e. The number of halogens is 1. The Labute approximate surface area is 115 Å². The molecule has 18 heavy (non-hydrogen) atoms. The number of rotatable bonds is 3. The molecule has 1 fully saturated rings. The summed E-state index contributed by atoms with van der Waals surface area (Å²) in [5.74, 6) is -0.843. The third-order valence-electron chi connectivity index (χ3n) is 3.00. The Morgan fingerprint density at radius 2 is 1.67 bits per heavy atom. The lowest BCUT2D eigenvalue weighted by atomic mass is 9.90. The van der Waals surface area contributed by atoms with Gasteiger partial charge in [-0.1, -0.05) is 29.8 Å². The molecule has 0 aromatic carbocycles. The molecule has 0 radical (unpaired) electrons. The molecule has 0 bridgehead atoms. The molecular formula is C12H19BrO5. The van der Waals surface area contributed by atoms with E-state index >= 15 is 0 Å². The Morgan fingerprint density at radius 3 is 2.11 bits per heavy atom. The van der Waals surface area contributed by atoms with Crippen LogP contribution in [0.1, 0.15) is 34.1 Å². The predicted octanol–water partition coefficient (Wildman–Crippen LogP) is 2.02. The lowest BCUT2D eigenvalue weighted by molar-refractivity contribution is -0.206. The van der Waals surface area contributed by atoms with Gasteiger partial charge in [-0.2, -0.15) is 0 Å². The second-order valence-corrected chi connectivity index (χ2v) is 5.34. The van der Waals surface area contributed by atoms with E-state index in [9.17, 15) is 9.59 Å². The molecule has 0 spiro atoms. The van der Waals surface area contributed by atoms with Gasteiger partial charge in [0.2, 0.25) is 0 Å². The zero-order valence-corrected chi connectivity index (χ0v) is 12.6. The minimum Gasteiger partial charge on any atom is -0.458 e. The van der Waals surface area contributed by atoms with Gasteiger partial charge in [0.15, 0.2) is 11.1 Å². The van der Waals surface area contributed by atoms with Crippen LogP contribution in [-0.4, -0.2) is 35.3 Å². The van der Waals surface area contributed by atoms with Crippen LogP contribution in [0.2, 0.25) is 0 Å². The van der Waals surface area contributed by atoms with Crippen LogP contribution in [0.15, 0.2) is 0 Å². The average molecular weight is 323 g/mol. The number of ether oxygens (including phenoxy) is 3. The average Bonchev–Trinajstić information content (AvgIpc) is 2.27. The Kier molecular flexibility index (Phi) is 5.59. The molecule has 104 valence electrons. The third kappa shape index (κ3) is 3.68. The molecule has 0 aromatic heterocycles. The maximum atomic E-state index is 11.2. The Bertz CT molecular complexity index is 320. The Hall–Kier alpha value is -0.620. The summed E-state index contributed by atoms with van der Waals surface area (Å²) < 4.78 is 16.2. The van der Waals surface area contributed by atoms with E-state index in [0.29, 0.717) is 0 Å². The fourth-order valence-corrected chi connectivity index (χ4v) is 2.86. The first-order valence-electron chi connectivity index (χ1n) is 6.00. The molecule has 0 unspecified atom stereocenters. The molecule has 1 rings (SSSR count). The lowest BCUT2D eigenvalue weighted by Crippen LogP contribution is -2.54. The smallest absolute Gasteiger partial charge is 0.303 e. The van der Waals surface area contributed by atoms with Crippen molar-refractivity contribution >= 4 is 27.9 Å². The maximum absolute atomic E-state index is 11.2. The van der Waals surface area contributed by atoms with Gasteiger partial charge in [0.25, 0.3) is 0 Å². The molecule has 6 heteroatoms. The van der Waals surface area contributed by atoms with Crippen molar-refractivity contribution in [3.8, 4) is 0 Å². The molecular weight excluding hydrogens is 304 g/mol. The second-order valence-electron chi connectivity index (χ2n) is 4.44. The number of carbonyl (C=O) groups excluding carboxylic acids is 2. The first-order valence-corrected chi connectivity index (χ1v) is 6.92. The fraction of sp³-hybridized carbons (Fsp3) is 0.833. The van der Waals surface area contributed by atoms with E-state index in [2.05, 4.69) is 15.9 Å². The monoisotopic (exact) mass is 322 g/mol. The predicted molar refractivity (Wildman–Crippen MR) is 68.2 cm³/mol. The zero-order chi connectivity index (χ0) is 13.9. The molecule has 1 aliphatic rings. The molecule has 0 amide bonds. The molecule has 1 saturated heterocycles. The minimum absolute atomic E-state index is 0.0305. The van der Waals surface area contributed by atoms with Gasteiger partial charge in [-0.15, -0.1) is 0 Å². The van der Waals surface area contributed by atoms with E-state index < -0.39 is 23.2 Å². The second kappa shape index (κ2) is 6.52. The SMILES string of the molecule is CC[C@H]1O[C@H](Br)[C@H](OC(C)=O)[C@@H](OC(C)=O)[C@H]1C. The van der Waals surface area contributed by atoms with Crippen molar-refractivity contribution in [3.05, 3.63) is 0 Å². The van der Waals surface area contributed by atoms with Crippen molar-refractivity contribution in [2.75, 3.05) is 0 Å². The van der Waals surface area contributed by atoms with Crippen LogP contribution in [0.3, 0.4) is 0 Å².